The molecule has 0 radical (unpaired) electrons. The van der Waals surface area contributed by atoms with Crippen LogP contribution in [-0.4, -0.2) is 50.3 Å². The van der Waals surface area contributed by atoms with E-state index < -0.39 is 5.60 Å². The maximum atomic E-state index is 12.5. The van der Waals surface area contributed by atoms with Gasteiger partial charge in [-0.05, 0) is 65.2 Å². The molecule has 3 heterocycles. The Morgan fingerprint density at radius 2 is 2.19 bits per heavy atom. The third-order valence-electron chi connectivity index (χ3n) is 4.50. The second kappa shape index (κ2) is 7.98. The van der Waals surface area contributed by atoms with Crippen molar-refractivity contribution in [3.05, 3.63) is 30.1 Å². The number of imidazole rings is 1. The van der Waals surface area contributed by atoms with E-state index in [1.807, 2.05) is 61.4 Å². The van der Waals surface area contributed by atoms with E-state index in [0.29, 0.717) is 6.54 Å². The first-order chi connectivity index (χ1) is 12.9. The van der Waals surface area contributed by atoms with Crippen molar-refractivity contribution < 1.29 is 9.53 Å². The molecule has 7 heteroatoms. The molecule has 146 valence electrons. The number of anilines is 1. The molecule has 1 saturated heterocycles. The van der Waals surface area contributed by atoms with Crippen molar-refractivity contribution in [1.82, 2.24) is 19.5 Å². The smallest absolute Gasteiger partial charge is 0.410 e. The molecule has 1 aliphatic heterocycles. The predicted molar refractivity (Wildman–Crippen MR) is 107 cm³/mol. The summed E-state index contributed by atoms with van der Waals surface area (Å²) in [7, 11) is 0. The summed E-state index contributed by atoms with van der Waals surface area (Å²) in [6, 6.07) is 3.96. The first-order valence-electron chi connectivity index (χ1n) is 9.58. The molecule has 1 aliphatic rings. The predicted octanol–water partition coefficient (Wildman–Crippen LogP) is 3.96. The van der Waals surface area contributed by atoms with Gasteiger partial charge in [0.05, 0.1) is 17.9 Å². The molecular formula is C20H29N5O2. The quantitative estimate of drug-likeness (QED) is 0.881. The maximum absolute atomic E-state index is 12.5. The maximum Gasteiger partial charge on any atom is 0.410 e. The van der Waals surface area contributed by atoms with E-state index in [9.17, 15) is 4.79 Å². The number of allylic oxidation sites excluding steroid dienone is 1. The fourth-order valence-electron chi connectivity index (χ4n) is 3.27. The van der Waals surface area contributed by atoms with Gasteiger partial charge in [-0.1, -0.05) is 6.08 Å². The minimum Gasteiger partial charge on any atom is -0.444 e. The molecule has 1 fully saturated rings. The standard InChI is InChI=1S/C20H29N5O2/c1-5-8-16-14-22-18-11-10-17(23-25(16)18)21-13-15-9-6-7-12-24(15)19(26)27-20(2,3)4/h5,8,10-11,14-15H,6-7,9,12-13H2,1-4H3,(H,21,23)/t15-/m0/s1. The monoisotopic (exact) mass is 371 g/mol. The summed E-state index contributed by atoms with van der Waals surface area (Å²) in [5.41, 5.74) is 1.26. The largest absolute Gasteiger partial charge is 0.444 e. The van der Waals surface area contributed by atoms with Crippen molar-refractivity contribution in [1.29, 1.82) is 0 Å². The molecule has 0 aromatic carbocycles. The van der Waals surface area contributed by atoms with Crippen molar-refractivity contribution in [2.24, 2.45) is 0 Å². The highest BCUT2D eigenvalue weighted by molar-refractivity contribution is 5.68. The fraction of sp³-hybridized carbons (Fsp3) is 0.550. The number of carbonyl (C=O) groups excluding carboxylic acids is 1. The molecule has 2 aromatic rings. The van der Waals surface area contributed by atoms with Gasteiger partial charge in [0, 0.05) is 13.1 Å². The number of fused-ring (bicyclic) bond motifs is 1. The van der Waals surface area contributed by atoms with Crippen LogP contribution in [0, 0.1) is 0 Å². The van der Waals surface area contributed by atoms with Crippen molar-refractivity contribution in [2.75, 3.05) is 18.4 Å². The van der Waals surface area contributed by atoms with Crippen LogP contribution in [0.1, 0.15) is 52.7 Å². The summed E-state index contributed by atoms with van der Waals surface area (Å²) in [6.45, 7) is 9.04. The Balaban J connectivity index is 1.69. The molecule has 1 amide bonds. The number of ether oxygens (including phenoxy) is 1. The van der Waals surface area contributed by atoms with Crippen LogP contribution in [0.25, 0.3) is 11.7 Å². The van der Waals surface area contributed by atoms with Crippen molar-refractivity contribution in [3.8, 4) is 0 Å². The Kier molecular flexibility index (Phi) is 5.68. The molecule has 7 nitrogen and oxygen atoms in total. The Bertz CT molecular complexity index is 821. The summed E-state index contributed by atoms with van der Waals surface area (Å²) in [5, 5.41) is 8.00. The minimum absolute atomic E-state index is 0.101. The second-order valence-corrected chi connectivity index (χ2v) is 7.88. The Hall–Kier alpha value is -2.57. The summed E-state index contributed by atoms with van der Waals surface area (Å²) in [5.74, 6) is 0.765. The normalized spacial score (nSPS) is 18.2. The van der Waals surface area contributed by atoms with Crippen molar-refractivity contribution >= 4 is 23.6 Å². The van der Waals surface area contributed by atoms with E-state index >= 15 is 0 Å². The third kappa shape index (κ3) is 4.78. The van der Waals surface area contributed by atoms with Crippen LogP contribution in [0.2, 0.25) is 0 Å². The van der Waals surface area contributed by atoms with Crippen molar-refractivity contribution in [3.63, 3.8) is 0 Å². The average Bonchev–Trinajstić information content (AvgIpc) is 3.01. The summed E-state index contributed by atoms with van der Waals surface area (Å²) < 4.78 is 7.39. The molecule has 0 unspecified atom stereocenters. The van der Waals surface area contributed by atoms with Crippen LogP contribution in [0.5, 0.6) is 0 Å². The van der Waals surface area contributed by atoms with E-state index in [1.54, 1.807) is 6.20 Å². The van der Waals surface area contributed by atoms with Gasteiger partial charge in [-0.3, -0.25) is 0 Å². The number of nitrogens with zero attached hydrogens (tertiary/aromatic N) is 4. The number of hydrogen-bond acceptors (Lipinski definition) is 5. The molecule has 0 bridgehead atoms. The van der Waals surface area contributed by atoms with E-state index in [0.717, 1.165) is 43.0 Å². The summed E-state index contributed by atoms with van der Waals surface area (Å²) >= 11 is 0. The van der Waals surface area contributed by atoms with Crippen LogP contribution in [0.4, 0.5) is 10.6 Å². The lowest BCUT2D eigenvalue weighted by Gasteiger charge is -2.36. The van der Waals surface area contributed by atoms with Gasteiger partial charge >= 0.3 is 6.09 Å². The molecule has 0 saturated carbocycles. The Morgan fingerprint density at radius 1 is 1.37 bits per heavy atom. The number of nitrogens with one attached hydrogen (secondary N) is 1. The first-order valence-corrected chi connectivity index (χ1v) is 9.58. The zero-order valence-electron chi connectivity index (χ0n) is 16.6. The summed E-state index contributed by atoms with van der Waals surface area (Å²) in [6.07, 6.45) is 8.60. The molecule has 0 aliphatic carbocycles. The van der Waals surface area contributed by atoms with Gasteiger partial charge in [0.25, 0.3) is 0 Å². The van der Waals surface area contributed by atoms with E-state index in [1.165, 1.54) is 0 Å². The zero-order chi connectivity index (χ0) is 19.4. The molecular weight excluding hydrogens is 342 g/mol. The van der Waals surface area contributed by atoms with Gasteiger partial charge in [0.2, 0.25) is 0 Å². The van der Waals surface area contributed by atoms with E-state index in [4.69, 9.17) is 4.74 Å². The third-order valence-corrected chi connectivity index (χ3v) is 4.50. The van der Waals surface area contributed by atoms with Gasteiger partial charge in [0.15, 0.2) is 5.65 Å². The second-order valence-electron chi connectivity index (χ2n) is 7.88. The topological polar surface area (TPSA) is 71.8 Å². The van der Waals surface area contributed by atoms with Gasteiger partial charge in [-0.2, -0.15) is 0 Å². The number of hydrogen-bond donors (Lipinski definition) is 1. The zero-order valence-corrected chi connectivity index (χ0v) is 16.6. The molecule has 1 N–H and O–H groups in total. The van der Waals surface area contributed by atoms with E-state index in [2.05, 4.69) is 15.4 Å². The van der Waals surface area contributed by atoms with Gasteiger partial charge in [-0.25, -0.2) is 14.3 Å². The highest BCUT2D eigenvalue weighted by Crippen LogP contribution is 2.21. The minimum atomic E-state index is -0.482. The highest BCUT2D eigenvalue weighted by atomic mass is 16.6. The van der Waals surface area contributed by atoms with Crippen LogP contribution >= 0.6 is 0 Å². The molecule has 0 spiro atoms. The molecule has 2 aromatic heterocycles. The van der Waals surface area contributed by atoms with Crippen molar-refractivity contribution in [2.45, 2.75) is 58.6 Å². The number of aromatic nitrogens is 3. The Labute approximate surface area is 160 Å². The average molecular weight is 371 g/mol. The number of piperidine rings is 1. The summed E-state index contributed by atoms with van der Waals surface area (Å²) in [4.78, 5) is 18.7. The lowest BCUT2D eigenvalue weighted by molar-refractivity contribution is 0.0114. The highest BCUT2D eigenvalue weighted by Gasteiger charge is 2.30. The lowest BCUT2D eigenvalue weighted by atomic mass is 10.0. The SMILES string of the molecule is CC=Cc1cnc2ccc(NC[C@@H]3CCCCN3C(=O)OC(C)(C)C)nn12. The number of amides is 1. The van der Waals surface area contributed by atoms with Crippen LogP contribution in [0.3, 0.4) is 0 Å². The van der Waals surface area contributed by atoms with Gasteiger partial charge in [-0.15, -0.1) is 5.10 Å². The Morgan fingerprint density at radius 3 is 2.93 bits per heavy atom. The molecule has 3 rings (SSSR count). The van der Waals surface area contributed by atoms with Gasteiger partial charge < -0.3 is 15.0 Å². The van der Waals surface area contributed by atoms with E-state index in [-0.39, 0.29) is 12.1 Å². The number of rotatable bonds is 4. The van der Waals surface area contributed by atoms with Crippen LogP contribution in [0.15, 0.2) is 24.4 Å². The number of carbonyl (C=O) groups is 1. The van der Waals surface area contributed by atoms with Crippen LogP contribution in [-0.2, 0) is 4.74 Å². The molecule has 27 heavy (non-hydrogen) atoms. The van der Waals surface area contributed by atoms with Gasteiger partial charge in [0.1, 0.15) is 11.4 Å². The van der Waals surface area contributed by atoms with Crippen LogP contribution < -0.4 is 5.32 Å². The first kappa shape index (κ1) is 19.2. The number of likely N-dealkylation sites (tertiary alicyclic amines) is 1. The molecule has 1 atom stereocenters. The fourth-order valence-corrected chi connectivity index (χ4v) is 3.27. The lowest BCUT2D eigenvalue weighted by Crippen LogP contribution is -2.49.